The molecule has 4 nitrogen and oxygen atoms in total. The van der Waals surface area contributed by atoms with Gasteiger partial charge in [-0.2, -0.15) is 0 Å². The van der Waals surface area contributed by atoms with Crippen molar-refractivity contribution in [3.05, 3.63) is 57.0 Å². The quantitative estimate of drug-likeness (QED) is 0.384. The van der Waals surface area contributed by atoms with Gasteiger partial charge in [-0.15, -0.1) is 0 Å². The Hall–Kier alpha value is -1.46. The number of hydrogen-bond acceptors (Lipinski definition) is 4. The summed E-state index contributed by atoms with van der Waals surface area (Å²) in [7, 11) is 1.61. The summed E-state index contributed by atoms with van der Waals surface area (Å²) in [6.07, 6.45) is 2.17. The fraction of sp³-hybridized carbons (Fsp3) is 0.263. The van der Waals surface area contributed by atoms with Gasteiger partial charge in [0.05, 0.1) is 30.4 Å². The van der Waals surface area contributed by atoms with Crippen molar-refractivity contribution >= 4 is 46.4 Å². The van der Waals surface area contributed by atoms with E-state index in [-0.39, 0.29) is 11.1 Å². The highest BCUT2D eigenvalue weighted by molar-refractivity contribution is 6.55. The smallest absolute Gasteiger partial charge is 0.156 e. The van der Waals surface area contributed by atoms with E-state index in [1.807, 2.05) is 24.3 Å². The Labute approximate surface area is 178 Å². The number of rotatable bonds is 10. The molecule has 0 amide bonds. The van der Waals surface area contributed by atoms with Crippen LogP contribution in [0.15, 0.2) is 47.0 Å². The van der Waals surface area contributed by atoms with Crippen LogP contribution in [0.1, 0.15) is 6.42 Å². The lowest BCUT2D eigenvalue weighted by molar-refractivity contribution is 0.247. The standard InChI is InChI=1S/C19H18Cl4O4/c1-24-13-4-2-5-14(10-13)25-7-3-8-27-19-16(20)11-15(12-17(19)21)26-9-6-18(22)23/h2,4-6,10-12H,3,7-9H2,1H3. The van der Waals surface area contributed by atoms with E-state index in [1.54, 1.807) is 19.2 Å². The molecule has 0 saturated carbocycles. The minimum absolute atomic E-state index is 0.128. The molecule has 0 unspecified atom stereocenters. The second kappa shape index (κ2) is 11.4. The molecule has 2 aromatic carbocycles. The van der Waals surface area contributed by atoms with Crippen molar-refractivity contribution in [1.82, 2.24) is 0 Å². The second-order valence-corrected chi connectivity index (χ2v) is 7.07. The number of ether oxygens (including phenoxy) is 4. The van der Waals surface area contributed by atoms with Crippen LogP contribution in [0, 0.1) is 0 Å². The fourth-order valence-corrected chi connectivity index (χ4v) is 2.78. The SMILES string of the molecule is COc1cccc(OCCCOc2c(Cl)cc(OCC=C(Cl)Cl)cc2Cl)c1. The highest BCUT2D eigenvalue weighted by Gasteiger charge is 2.10. The monoisotopic (exact) mass is 450 g/mol. The average molecular weight is 452 g/mol. The maximum atomic E-state index is 6.22. The molecule has 0 aliphatic rings. The molecule has 0 aliphatic carbocycles. The summed E-state index contributed by atoms with van der Waals surface area (Å²) in [6.45, 7) is 1.08. The summed E-state index contributed by atoms with van der Waals surface area (Å²) in [5, 5.41) is 0.708. The Morgan fingerprint density at radius 1 is 0.889 bits per heavy atom. The lowest BCUT2D eigenvalue weighted by Crippen LogP contribution is -2.06. The van der Waals surface area contributed by atoms with Gasteiger partial charge in [0.25, 0.3) is 0 Å². The van der Waals surface area contributed by atoms with Crippen molar-refractivity contribution in [2.45, 2.75) is 6.42 Å². The molecule has 8 heteroatoms. The van der Waals surface area contributed by atoms with Gasteiger partial charge in [0.15, 0.2) is 5.75 Å². The third-order valence-electron chi connectivity index (χ3n) is 3.30. The van der Waals surface area contributed by atoms with E-state index in [2.05, 4.69) is 0 Å². The van der Waals surface area contributed by atoms with Crippen LogP contribution in [0.4, 0.5) is 0 Å². The van der Waals surface area contributed by atoms with Gasteiger partial charge in [0, 0.05) is 24.6 Å². The summed E-state index contributed by atoms with van der Waals surface area (Å²) in [5.41, 5.74) is 0. The molecule has 27 heavy (non-hydrogen) atoms. The van der Waals surface area contributed by atoms with E-state index in [0.29, 0.717) is 41.2 Å². The third kappa shape index (κ3) is 7.59. The van der Waals surface area contributed by atoms with Crippen LogP contribution in [0.5, 0.6) is 23.0 Å². The van der Waals surface area contributed by atoms with Crippen molar-refractivity contribution < 1.29 is 18.9 Å². The molecule has 0 spiro atoms. The number of methoxy groups -OCH3 is 1. The first kappa shape index (κ1) is 21.8. The summed E-state index contributed by atoms with van der Waals surface area (Å²) >= 11 is 23.5. The van der Waals surface area contributed by atoms with Crippen LogP contribution in [-0.4, -0.2) is 26.9 Å². The average Bonchev–Trinajstić information content (AvgIpc) is 2.63. The minimum Gasteiger partial charge on any atom is -0.497 e. The summed E-state index contributed by atoms with van der Waals surface area (Å²) in [4.78, 5) is 0. The predicted octanol–water partition coefficient (Wildman–Crippen LogP) is 6.55. The molecule has 0 saturated heterocycles. The van der Waals surface area contributed by atoms with Gasteiger partial charge in [-0.25, -0.2) is 0 Å². The number of benzene rings is 2. The highest BCUT2D eigenvalue weighted by Crippen LogP contribution is 2.37. The largest absolute Gasteiger partial charge is 0.497 e. The molecule has 0 heterocycles. The Balaban J connectivity index is 1.80. The van der Waals surface area contributed by atoms with Gasteiger partial charge in [0.1, 0.15) is 28.3 Å². The van der Waals surface area contributed by atoms with E-state index >= 15 is 0 Å². The van der Waals surface area contributed by atoms with Crippen molar-refractivity contribution in [3.63, 3.8) is 0 Å². The predicted molar refractivity (Wildman–Crippen MR) is 110 cm³/mol. The van der Waals surface area contributed by atoms with E-state index < -0.39 is 0 Å². The summed E-state index contributed by atoms with van der Waals surface area (Å²) in [5.74, 6) is 2.37. The molecule has 0 aromatic heterocycles. The molecular weight excluding hydrogens is 434 g/mol. The van der Waals surface area contributed by atoms with E-state index in [1.165, 1.54) is 6.08 Å². The number of halogens is 4. The fourth-order valence-electron chi connectivity index (χ4n) is 2.07. The van der Waals surface area contributed by atoms with Crippen LogP contribution < -0.4 is 18.9 Å². The van der Waals surface area contributed by atoms with Crippen LogP contribution in [0.25, 0.3) is 0 Å². The lowest BCUT2D eigenvalue weighted by atomic mass is 10.3. The molecule has 2 rings (SSSR count). The molecule has 2 aromatic rings. The van der Waals surface area contributed by atoms with Crippen molar-refractivity contribution in [1.29, 1.82) is 0 Å². The molecule has 0 atom stereocenters. The topological polar surface area (TPSA) is 36.9 Å². The van der Waals surface area contributed by atoms with E-state index in [9.17, 15) is 0 Å². The van der Waals surface area contributed by atoms with Gasteiger partial charge >= 0.3 is 0 Å². The van der Waals surface area contributed by atoms with Crippen LogP contribution in [0.3, 0.4) is 0 Å². The normalized spacial score (nSPS) is 10.3. The van der Waals surface area contributed by atoms with Crippen molar-refractivity contribution in [3.8, 4) is 23.0 Å². The molecule has 0 aliphatic heterocycles. The Bertz CT molecular complexity index is 753. The van der Waals surface area contributed by atoms with Gasteiger partial charge in [-0.1, -0.05) is 52.5 Å². The zero-order valence-corrected chi connectivity index (χ0v) is 17.5. The van der Waals surface area contributed by atoms with Crippen LogP contribution in [-0.2, 0) is 0 Å². The first-order chi connectivity index (χ1) is 13.0. The molecular formula is C19H18Cl4O4. The lowest BCUT2D eigenvalue weighted by Gasteiger charge is -2.12. The maximum absolute atomic E-state index is 6.22. The number of hydrogen-bond donors (Lipinski definition) is 0. The summed E-state index contributed by atoms with van der Waals surface area (Å²) in [6, 6.07) is 10.6. The van der Waals surface area contributed by atoms with Gasteiger partial charge in [0.2, 0.25) is 0 Å². The molecule has 146 valence electrons. The van der Waals surface area contributed by atoms with Gasteiger partial charge < -0.3 is 18.9 Å². The molecule has 0 radical (unpaired) electrons. The van der Waals surface area contributed by atoms with Crippen LogP contribution in [0.2, 0.25) is 10.0 Å². The zero-order chi connectivity index (χ0) is 19.6. The van der Waals surface area contributed by atoms with Crippen molar-refractivity contribution in [2.75, 3.05) is 26.9 Å². The molecule has 0 fully saturated rings. The van der Waals surface area contributed by atoms with Crippen molar-refractivity contribution in [2.24, 2.45) is 0 Å². The Kier molecular flexibility index (Phi) is 9.22. The van der Waals surface area contributed by atoms with E-state index in [4.69, 9.17) is 65.4 Å². The summed E-state index contributed by atoms with van der Waals surface area (Å²) < 4.78 is 22.1. The second-order valence-electron chi connectivity index (χ2n) is 5.25. The maximum Gasteiger partial charge on any atom is 0.156 e. The highest BCUT2D eigenvalue weighted by atomic mass is 35.5. The first-order valence-electron chi connectivity index (χ1n) is 8.02. The van der Waals surface area contributed by atoms with Crippen LogP contribution >= 0.6 is 46.4 Å². The zero-order valence-electron chi connectivity index (χ0n) is 14.5. The Morgan fingerprint density at radius 2 is 1.56 bits per heavy atom. The van der Waals surface area contributed by atoms with E-state index in [0.717, 1.165) is 11.5 Å². The third-order valence-corrected chi connectivity index (χ3v) is 4.17. The molecule has 0 bridgehead atoms. The molecule has 0 N–H and O–H groups in total. The minimum atomic E-state index is 0.128. The Morgan fingerprint density at radius 3 is 2.22 bits per heavy atom. The van der Waals surface area contributed by atoms with Gasteiger partial charge in [-0.05, 0) is 18.2 Å². The van der Waals surface area contributed by atoms with Gasteiger partial charge in [-0.3, -0.25) is 0 Å². The first-order valence-corrected chi connectivity index (χ1v) is 9.53.